The van der Waals surface area contributed by atoms with Gasteiger partial charge < -0.3 is 4.74 Å². The van der Waals surface area contributed by atoms with E-state index in [9.17, 15) is 8.42 Å². The summed E-state index contributed by atoms with van der Waals surface area (Å²) in [6.07, 6.45) is 0.378. The Bertz CT molecular complexity index is 1090. The van der Waals surface area contributed by atoms with E-state index in [-0.39, 0.29) is 14.9 Å². The number of hydrogen-bond donors (Lipinski definition) is 1. The lowest BCUT2D eigenvalue weighted by Crippen LogP contribution is -2.32. The maximum absolute atomic E-state index is 13.0. The third-order valence-corrected chi connectivity index (χ3v) is 6.55. The van der Waals surface area contributed by atoms with Gasteiger partial charge in [-0.1, -0.05) is 58.6 Å². The smallest absolute Gasteiger partial charge is 0.316 e. The first-order chi connectivity index (χ1) is 13.9. The lowest BCUT2D eigenvalue weighted by atomic mass is 10.1. The van der Waals surface area contributed by atoms with E-state index in [2.05, 4.69) is 14.9 Å². The average molecular weight is 455 g/mol. The van der Waals surface area contributed by atoms with Crippen molar-refractivity contribution in [2.45, 2.75) is 30.8 Å². The number of hydrogen-bond acceptors (Lipinski definition) is 5. The van der Waals surface area contributed by atoms with Crippen molar-refractivity contribution in [2.24, 2.45) is 0 Å². The Hall–Kier alpha value is -2.13. The largest absolute Gasteiger partial charge is 0.467 e. The fourth-order valence-corrected chi connectivity index (χ4v) is 4.52. The molecule has 10 heteroatoms. The minimum absolute atomic E-state index is 0.0134. The molecule has 1 N–H and O–H groups in total. The minimum Gasteiger partial charge on any atom is -0.467 e. The maximum Gasteiger partial charge on any atom is 0.316 e. The van der Waals surface area contributed by atoms with E-state index in [0.29, 0.717) is 24.8 Å². The molecule has 0 aliphatic carbocycles. The van der Waals surface area contributed by atoms with Crippen LogP contribution in [-0.4, -0.2) is 30.3 Å². The Kier molecular flexibility index (Phi) is 6.79. The number of halogens is 2. The lowest BCUT2D eigenvalue weighted by molar-refractivity contribution is 0.354. The number of ether oxygens (including phenoxy) is 1. The van der Waals surface area contributed by atoms with Crippen LogP contribution in [0.15, 0.2) is 53.4 Å². The molecular formula is C19H20Cl2N4O3S. The van der Waals surface area contributed by atoms with E-state index in [1.807, 2.05) is 37.3 Å². The SMILES string of the molecule is CCn1c(OC)nnc1[C@@H](Cc1ccccc1)NS(=O)(=O)c1ccc(Cl)c(Cl)c1. The van der Waals surface area contributed by atoms with Gasteiger partial charge in [0.05, 0.1) is 28.1 Å². The molecule has 1 atom stereocenters. The first-order valence-corrected chi connectivity index (χ1v) is 11.1. The van der Waals surface area contributed by atoms with Crippen LogP contribution in [0.2, 0.25) is 10.0 Å². The topological polar surface area (TPSA) is 86.1 Å². The van der Waals surface area contributed by atoms with Gasteiger partial charge in [-0.05, 0) is 37.1 Å². The molecule has 154 valence electrons. The summed E-state index contributed by atoms with van der Waals surface area (Å²) >= 11 is 11.9. The van der Waals surface area contributed by atoms with Crippen molar-refractivity contribution in [3.63, 3.8) is 0 Å². The van der Waals surface area contributed by atoms with Crippen molar-refractivity contribution in [3.8, 4) is 6.01 Å². The van der Waals surface area contributed by atoms with Crippen LogP contribution < -0.4 is 9.46 Å². The fourth-order valence-electron chi connectivity index (χ4n) is 2.94. The second kappa shape index (κ2) is 9.13. The van der Waals surface area contributed by atoms with Gasteiger partial charge in [0.15, 0.2) is 5.82 Å². The molecule has 0 saturated carbocycles. The van der Waals surface area contributed by atoms with Gasteiger partial charge in [0, 0.05) is 6.54 Å². The molecule has 7 nitrogen and oxygen atoms in total. The van der Waals surface area contributed by atoms with Crippen LogP contribution >= 0.6 is 23.2 Å². The van der Waals surface area contributed by atoms with Crippen LogP contribution in [0.4, 0.5) is 0 Å². The molecule has 29 heavy (non-hydrogen) atoms. The Morgan fingerprint density at radius 1 is 1.10 bits per heavy atom. The number of methoxy groups -OCH3 is 1. The molecule has 2 aromatic carbocycles. The molecular weight excluding hydrogens is 435 g/mol. The molecule has 0 radical (unpaired) electrons. The van der Waals surface area contributed by atoms with Crippen molar-refractivity contribution >= 4 is 33.2 Å². The summed E-state index contributed by atoms with van der Waals surface area (Å²) in [6.45, 7) is 2.42. The van der Waals surface area contributed by atoms with Crippen LogP contribution in [-0.2, 0) is 23.0 Å². The van der Waals surface area contributed by atoms with Crippen molar-refractivity contribution in [2.75, 3.05) is 7.11 Å². The number of benzene rings is 2. The van der Waals surface area contributed by atoms with Crippen LogP contribution in [0.5, 0.6) is 6.01 Å². The van der Waals surface area contributed by atoms with E-state index in [0.717, 1.165) is 5.56 Å². The normalized spacial score (nSPS) is 12.7. The van der Waals surface area contributed by atoms with Gasteiger partial charge in [0.2, 0.25) is 10.0 Å². The predicted molar refractivity (Wildman–Crippen MR) is 112 cm³/mol. The second-order valence-electron chi connectivity index (χ2n) is 6.23. The van der Waals surface area contributed by atoms with Gasteiger partial charge in [-0.2, -0.15) is 0 Å². The Morgan fingerprint density at radius 3 is 2.45 bits per heavy atom. The molecule has 1 heterocycles. The van der Waals surface area contributed by atoms with Crippen LogP contribution in [0.3, 0.4) is 0 Å². The number of sulfonamides is 1. The fraction of sp³-hybridized carbons (Fsp3) is 0.263. The van der Waals surface area contributed by atoms with Gasteiger partial charge >= 0.3 is 6.01 Å². The number of nitrogens with one attached hydrogen (secondary N) is 1. The highest BCUT2D eigenvalue weighted by Crippen LogP contribution is 2.27. The first-order valence-electron chi connectivity index (χ1n) is 8.84. The molecule has 0 amide bonds. The summed E-state index contributed by atoms with van der Waals surface area (Å²) in [6, 6.07) is 13.3. The summed E-state index contributed by atoms with van der Waals surface area (Å²) < 4.78 is 35.8. The Morgan fingerprint density at radius 2 is 1.83 bits per heavy atom. The van der Waals surface area contributed by atoms with Gasteiger partial charge in [-0.25, -0.2) is 13.1 Å². The summed E-state index contributed by atoms with van der Waals surface area (Å²) in [4.78, 5) is 0.0134. The molecule has 3 aromatic rings. The van der Waals surface area contributed by atoms with Crippen molar-refractivity contribution in [1.82, 2.24) is 19.5 Å². The maximum atomic E-state index is 13.0. The third-order valence-electron chi connectivity index (χ3n) is 4.34. The van der Waals surface area contributed by atoms with E-state index >= 15 is 0 Å². The highest BCUT2D eigenvalue weighted by atomic mass is 35.5. The zero-order valence-electron chi connectivity index (χ0n) is 15.8. The third kappa shape index (κ3) is 4.90. The number of nitrogens with zero attached hydrogens (tertiary/aromatic N) is 3. The first kappa shape index (κ1) is 21.6. The van der Waals surface area contributed by atoms with Crippen LogP contribution in [0, 0.1) is 0 Å². The van der Waals surface area contributed by atoms with Gasteiger partial charge in [0.25, 0.3) is 0 Å². The number of rotatable bonds is 8. The molecule has 0 spiro atoms. The molecule has 0 fully saturated rings. The zero-order valence-corrected chi connectivity index (χ0v) is 18.2. The molecule has 0 bridgehead atoms. The van der Waals surface area contributed by atoms with Gasteiger partial charge in [-0.3, -0.25) is 4.57 Å². The summed E-state index contributed by atoms with van der Waals surface area (Å²) in [7, 11) is -2.41. The molecule has 0 saturated heterocycles. The molecule has 0 aliphatic rings. The molecule has 1 aromatic heterocycles. The van der Waals surface area contributed by atoms with E-state index in [4.69, 9.17) is 27.9 Å². The van der Waals surface area contributed by atoms with Crippen LogP contribution in [0.1, 0.15) is 24.4 Å². The zero-order chi connectivity index (χ0) is 21.0. The summed E-state index contributed by atoms with van der Waals surface area (Å²) in [5, 5.41) is 8.63. The standard InChI is InChI=1S/C19H20Cl2N4O3S/c1-3-25-18(22-23-19(25)28-2)17(11-13-7-5-4-6-8-13)24-29(26,27)14-9-10-15(20)16(21)12-14/h4-10,12,17,24H,3,11H2,1-2H3/t17-/m1/s1. The second-order valence-corrected chi connectivity index (χ2v) is 8.76. The van der Waals surface area contributed by atoms with Crippen LogP contribution in [0.25, 0.3) is 0 Å². The molecule has 3 rings (SSSR count). The Labute approximate surface area is 179 Å². The lowest BCUT2D eigenvalue weighted by Gasteiger charge is -2.19. The molecule has 0 aliphatic heterocycles. The van der Waals surface area contributed by atoms with Gasteiger partial charge in [0.1, 0.15) is 0 Å². The van der Waals surface area contributed by atoms with Crippen molar-refractivity contribution < 1.29 is 13.2 Å². The van der Waals surface area contributed by atoms with E-state index < -0.39 is 16.1 Å². The van der Waals surface area contributed by atoms with E-state index in [1.165, 1.54) is 25.3 Å². The summed E-state index contributed by atoms with van der Waals surface area (Å²) in [5.74, 6) is 0.455. The average Bonchev–Trinajstić information content (AvgIpc) is 3.13. The highest BCUT2D eigenvalue weighted by molar-refractivity contribution is 7.89. The number of aromatic nitrogens is 3. The predicted octanol–water partition coefficient (Wildman–Crippen LogP) is 3.88. The van der Waals surface area contributed by atoms with Crippen molar-refractivity contribution in [3.05, 3.63) is 70.0 Å². The van der Waals surface area contributed by atoms with Crippen molar-refractivity contribution in [1.29, 1.82) is 0 Å². The molecule has 0 unspecified atom stereocenters. The monoisotopic (exact) mass is 454 g/mol. The highest BCUT2D eigenvalue weighted by Gasteiger charge is 2.27. The quantitative estimate of drug-likeness (QED) is 0.557. The minimum atomic E-state index is -3.90. The van der Waals surface area contributed by atoms with E-state index in [1.54, 1.807) is 4.57 Å². The van der Waals surface area contributed by atoms with Gasteiger partial charge in [-0.15, -0.1) is 5.10 Å². The Balaban J connectivity index is 2.01. The summed E-state index contributed by atoms with van der Waals surface area (Å²) in [5.41, 5.74) is 0.943.